The van der Waals surface area contributed by atoms with Crippen molar-refractivity contribution in [2.75, 3.05) is 49.7 Å². The van der Waals surface area contributed by atoms with E-state index in [9.17, 15) is 9.90 Å². The molecule has 5 aromatic rings. The van der Waals surface area contributed by atoms with E-state index in [0.717, 1.165) is 35.6 Å². The molecule has 1 atom stereocenters. The number of hydrogen-bond acceptors (Lipinski definition) is 7. The van der Waals surface area contributed by atoms with E-state index in [-0.39, 0.29) is 29.2 Å². The maximum atomic E-state index is 16.1. The molecule has 0 saturated carbocycles. The van der Waals surface area contributed by atoms with Crippen molar-refractivity contribution in [3.8, 4) is 17.0 Å². The second-order valence-electron chi connectivity index (χ2n) is 14.3. The molecule has 272 valence electrons. The SMILES string of the molecule is C[C@@H]1Cc2ccccc2CN1C(=O)c1c(F)cccc1-c1cc(C(=O)N(c2ccc(O)cc2)c2cnc3c(c2)CCN3C)c(CN2CCOCC2)n1C. The van der Waals surface area contributed by atoms with Gasteiger partial charge in [-0.05, 0) is 78.9 Å². The number of anilines is 3. The summed E-state index contributed by atoms with van der Waals surface area (Å²) < 4.78 is 23.6. The quantitative estimate of drug-likeness (QED) is 0.211. The van der Waals surface area contributed by atoms with Gasteiger partial charge < -0.3 is 24.2 Å². The summed E-state index contributed by atoms with van der Waals surface area (Å²) in [6.07, 6.45) is 3.19. The molecule has 53 heavy (non-hydrogen) atoms. The number of halogens is 1. The highest BCUT2D eigenvalue weighted by Crippen LogP contribution is 2.37. The number of nitrogens with zero attached hydrogens (tertiary/aromatic N) is 6. The molecular weight excluding hydrogens is 671 g/mol. The summed E-state index contributed by atoms with van der Waals surface area (Å²) in [4.78, 5) is 42.1. The molecular formula is C42H43FN6O4. The Kier molecular flexibility index (Phi) is 9.22. The molecule has 0 unspecified atom stereocenters. The summed E-state index contributed by atoms with van der Waals surface area (Å²) in [5, 5.41) is 10.2. The largest absolute Gasteiger partial charge is 0.508 e. The molecule has 0 spiro atoms. The Hall–Kier alpha value is -5.52. The number of phenolic OH excluding ortho intramolecular Hbond substituents is 1. The molecule has 2 amide bonds. The minimum Gasteiger partial charge on any atom is -0.508 e. The van der Waals surface area contributed by atoms with Crippen LogP contribution in [-0.2, 0) is 37.7 Å². The van der Waals surface area contributed by atoms with Crippen LogP contribution in [0.15, 0.2) is 85.1 Å². The highest BCUT2D eigenvalue weighted by atomic mass is 19.1. The van der Waals surface area contributed by atoms with Gasteiger partial charge in [-0.25, -0.2) is 9.37 Å². The van der Waals surface area contributed by atoms with Crippen molar-refractivity contribution in [1.29, 1.82) is 0 Å². The highest BCUT2D eigenvalue weighted by molar-refractivity contribution is 6.12. The van der Waals surface area contributed by atoms with Crippen molar-refractivity contribution >= 4 is 29.0 Å². The topological polar surface area (TPSA) is 94.4 Å². The summed E-state index contributed by atoms with van der Waals surface area (Å²) in [5.41, 5.74) is 6.56. The summed E-state index contributed by atoms with van der Waals surface area (Å²) in [7, 11) is 3.87. The molecule has 8 rings (SSSR count). The summed E-state index contributed by atoms with van der Waals surface area (Å²) in [6.45, 7) is 6.20. The smallest absolute Gasteiger partial charge is 0.264 e. The van der Waals surface area contributed by atoms with Crippen LogP contribution in [0.4, 0.5) is 21.6 Å². The number of carbonyl (C=O) groups excluding carboxylic acids is 2. The van der Waals surface area contributed by atoms with E-state index < -0.39 is 5.82 Å². The van der Waals surface area contributed by atoms with Crippen LogP contribution >= 0.6 is 0 Å². The van der Waals surface area contributed by atoms with Crippen LogP contribution in [0.5, 0.6) is 5.75 Å². The van der Waals surface area contributed by atoms with Gasteiger partial charge >= 0.3 is 0 Å². The molecule has 1 saturated heterocycles. The molecule has 0 aliphatic carbocycles. The van der Waals surface area contributed by atoms with E-state index in [1.807, 2.05) is 49.9 Å². The Morgan fingerprint density at radius 3 is 2.45 bits per heavy atom. The summed E-state index contributed by atoms with van der Waals surface area (Å²) in [6, 6.07) is 23.0. The normalized spacial score (nSPS) is 17.1. The van der Waals surface area contributed by atoms with Gasteiger partial charge in [-0.2, -0.15) is 0 Å². The number of hydrogen-bond donors (Lipinski definition) is 1. The van der Waals surface area contributed by atoms with Crippen molar-refractivity contribution in [2.45, 2.75) is 38.9 Å². The average molecular weight is 715 g/mol. The number of aromatic nitrogens is 2. The highest BCUT2D eigenvalue weighted by Gasteiger charge is 2.34. The van der Waals surface area contributed by atoms with E-state index in [2.05, 4.69) is 15.9 Å². The number of aromatic hydroxyl groups is 1. The zero-order valence-electron chi connectivity index (χ0n) is 30.3. The third-order valence-electron chi connectivity index (χ3n) is 10.9. The van der Waals surface area contributed by atoms with Gasteiger partial charge in [-0.3, -0.25) is 19.4 Å². The standard InChI is InChI=1S/C42H43FN6O4/c1-27-21-28-7-4-5-8-30(28)25-48(27)42(52)39-34(9-6-10-36(39)43)37-23-35(38(46(37)3)26-47-17-19-53-20-18-47)41(51)49(31-11-13-33(50)14-12-31)32-22-29-15-16-45(2)40(29)44-24-32/h4-14,22-24,27,50H,15-21,25-26H2,1-3H3/t27-/m1/s1. The number of likely N-dealkylation sites (N-methyl/N-ethyl adjacent to an activating group) is 1. The number of ether oxygens (including phenoxy) is 1. The lowest BCUT2D eigenvalue weighted by Crippen LogP contribution is -2.43. The van der Waals surface area contributed by atoms with Gasteiger partial charge in [0.2, 0.25) is 0 Å². The van der Waals surface area contributed by atoms with E-state index in [4.69, 9.17) is 9.72 Å². The van der Waals surface area contributed by atoms with Gasteiger partial charge in [0.25, 0.3) is 11.8 Å². The lowest BCUT2D eigenvalue weighted by atomic mass is 9.93. The molecule has 2 aromatic heterocycles. The van der Waals surface area contributed by atoms with Crippen molar-refractivity contribution in [3.05, 3.63) is 124 Å². The van der Waals surface area contributed by atoms with Crippen LogP contribution in [-0.4, -0.2) is 82.2 Å². The minimum absolute atomic E-state index is 0.0152. The Labute approximate surface area is 308 Å². The van der Waals surface area contributed by atoms with E-state index in [1.165, 1.54) is 11.6 Å². The molecule has 0 radical (unpaired) electrons. The predicted molar refractivity (Wildman–Crippen MR) is 202 cm³/mol. The fourth-order valence-electron chi connectivity index (χ4n) is 7.94. The van der Waals surface area contributed by atoms with Crippen LogP contribution in [0.25, 0.3) is 11.3 Å². The van der Waals surface area contributed by atoms with Crippen LogP contribution < -0.4 is 9.80 Å². The van der Waals surface area contributed by atoms with Crippen molar-refractivity contribution in [1.82, 2.24) is 19.4 Å². The molecule has 1 N–H and O–H groups in total. The van der Waals surface area contributed by atoms with Crippen molar-refractivity contribution in [3.63, 3.8) is 0 Å². The number of benzene rings is 3. The predicted octanol–water partition coefficient (Wildman–Crippen LogP) is 6.32. The van der Waals surface area contributed by atoms with E-state index in [1.54, 1.807) is 58.5 Å². The second kappa shape index (κ2) is 14.1. The molecule has 3 aliphatic rings. The first-order valence-corrected chi connectivity index (χ1v) is 18.2. The Morgan fingerprint density at radius 1 is 0.925 bits per heavy atom. The fraction of sp³-hybridized carbons (Fsp3) is 0.310. The van der Waals surface area contributed by atoms with Crippen molar-refractivity contribution in [2.24, 2.45) is 7.05 Å². The third kappa shape index (κ3) is 6.44. The van der Waals surface area contributed by atoms with Gasteiger partial charge in [0.15, 0.2) is 0 Å². The first-order valence-electron chi connectivity index (χ1n) is 18.2. The zero-order valence-corrected chi connectivity index (χ0v) is 30.3. The van der Waals surface area contributed by atoms with Crippen LogP contribution in [0, 0.1) is 5.82 Å². The Bertz CT molecular complexity index is 2190. The van der Waals surface area contributed by atoms with E-state index in [0.29, 0.717) is 74.0 Å². The molecule has 10 nitrogen and oxygen atoms in total. The van der Waals surface area contributed by atoms with Gasteiger partial charge in [0.1, 0.15) is 17.4 Å². The number of amides is 2. The maximum absolute atomic E-state index is 16.1. The van der Waals surface area contributed by atoms with Gasteiger partial charge in [0.05, 0.1) is 36.2 Å². The van der Waals surface area contributed by atoms with Crippen LogP contribution in [0.1, 0.15) is 50.0 Å². The lowest BCUT2D eigenvalue weighted by molar-refractivity contribution is 0.0332. The third-order valence-corrected chi connectivity index (χ3v) is 10.9. The number of fused-ring (bicyclic) bond motifs is 2. The van der Waals surface area contributed by atoms with Crippen LogP contribution in [0.3, 0.4) is 0 Å². The number of rotatable bonds is 7. The second-order valence-corrected chi connectivity index (χ2v) is 14.3. The zero-order chi connectivity index (χ0) is 36.8. The summed E-state index contributed by atoms with van der Waals surface area (Å²) in [5.74, 6) is -0.332. The Morgan fingerprint density at radius 2 is 1.68 bits per heavy atom. The van der Waals surface area contributed by atoms with Crippen LogP contribution in [0.2, 0.25) is 0 Å². The van der Waals surface area contributed by atoms with Gasteiger partial charge in [-0.15, -0.1) is 0 Å². The van der Waals surface area contributed by atoms with Crippen molar-refractivity contribution < 1.29 is 23.8 Å². The number of morpholine rings is 1. The molecule has 5 heterocycles. The Balaban J connectivity index is 1.25. The summed E-state index contributed by atoms with van der Waals surface area (Å²) >= 11 is 0. The van der Waals surface area contributed by atoms with Gasteiger partial charge in [0, 0.05) is 75.5 Å². The van der Waals surface area contributed by atoms with Gasteiger partial charge in [-0.1, -0.05) is 36.4 Å². The monoisotopic (exact) mass is 714 g/mol. The number of pyridine rings is 1. The molecule has 1 fully saturated rings. The van der Waals surface area contributed by atoms with E-state index >= 15 is 9.18 Å². The maximum Gasteiger partial charge on any atom is 0.264 e. The molecule has 0 bridgehead atoms. The first kappa shape index (κ1) is 34.6. The minimum atomic E-state index is -0.609. The first-order chi connectivity index (χ1) is 25.7. The molecule has 11 heteroatoms. The fourth-order valence-corrected chi connectivity index (χ4v) is 7.94. The number of carbonyl (C=O) groups is 2. The molecule has 3 aromatic carbocycles. The number of phenols is 1. The molecule has 3 aliphatic heterocycles. The average Bonchev–Trinajstić information content (AvgIpc) is 3.70. The lowest BCUT2D eigenvalue weighted by Gasteiger charge is -2.35.